The van der Waals surface area contributed by atoms with Gasteiger partial charge in [0.2, 0.25) is 0 Å². The monoisotopic (exact) mass is 227 g/mol. The highest BCUT2D eigenvalue weighted by Crippen LogP contribution is 2.05. The van der Waals surface area contributed by atoms with Gasteiger partial charge in [-0.25, -0.2) is 0 Å². The lowest BCUT2D eigenvalue weighted by Crippen LogP contribution is -2.30. The molecule has 0 saturated carbocycles. The molecule has 1 unspecified atom stereocenters. The predicted octanol–water partition coefficient (Wildman–Crippen LogP) is 3.32. The van der Waals surface area contributed by atoms with Gasteiger partial charge in [-0.05, 0) is 25.6 Å². The first kappa shape index (κ1) is 13.5. The summed E-state index contributed by atoms with van der Waals surface area (Å²) < 4.78 is 0. The van der Waals surface area contributed by atoms with E-state index in [0.717, 1.165) is 24.9 Å². The van der Waals surface area contributed by atoms with Crippen molar-refractivity contribution in [2.24, 2.45) is 0 Å². The normalized spacial score (nSPS) is 11.7. The van der Waals surface area contributed by atoms with Gasteiger partial charge >= 0.3 is 0 Å². The molecule has 17 heavy (non-hydrogen) atoms. The zero-order valence-electron chi connectivity index (χ0n) is 10.8. The molecule has 0 spiro atoms. The molecule has 1 heteroatoms. The van der Waals surface area contributed by atoms with Crippen LogP contribution in [0.1, 0.15) is 25.3 Å². The van der Waals surface area contributed by atoms with Gasteiger partial charge in [0.1, 0.15) is 0 Å². The van der Waals surface area contributed by atoms with E-state index in [2.05, 4.69) is 37.3 Å². The van der Waals surface area contributed by atoms with E-state index in [-0.39, 0.29) is 0 Å². The van der Waals surface area contributed by atoms with Crippen molar-refractivity contribution < 1.29 is 0 Å². The van der Waals surface area contributed by atoms with Gasteiger partial charge in [0.25, 0.3) is 0 Å². The molecule has 0 saturated heterocycles. The third kappa shape index (κ3) is 4.89. The Kier molecular flexibility index (Phi) is 6.14. The van der Waals surface area contributed by atoms with E-state index in [9.17, 15) is 0 Å². The largest absolute Gasteiger partial charge is 0.289 e. The molecule has 0 aromatic heterocycles. The SMILES string of the molecule is C=CCN(C)C(C#Cc1ccccc1)CCC. The van der Waals surface area contributed by atoms with E-state index in [1.54, 1.807) is 0 Å². The van der Waals surface area contributed by atoms with E-state index < -0.39 is 0 Å². The van der Waals surface area contributed by atoms with Crippen molar-refractivity contribution in [3.8, 4) is 11.8 Å². The van der Waals surface area contributed by atoms with E-state index >= 15 is 0 Å². The summed E-state index contributed by atoms with van der Waals surface area (Å²) >= 11 is 0. The Labute approximate surface area is 105 Å². The number of rotatable bonds is 5. The molecule has 0 aliphatic heterocycles. The van der Waals surface area contributed by atoms with Crippen LogP contribution in [0, 0.1) is 11.8 Å². The fraction of sp³-hybridized carbons (Fsp3) is 0.375. The summed E-state index contributed by atoms with van der Waals surface area (Å²) in [5, 5.41) is 0. The molecule has 1 aromatic carbocycles. The summed E-state index contributed by atoms with van der Waals surface area (Å²) in [6.07, 6.45) is 4.17. The zero-order chi connectivity index (χ0) is 12.5. The molecular weight excluding hydrogens is 206 g/mol. The lowest BCUT2D eigenvalue weighted by molar-refractivity contribution is 0.305. The molecule has 90 valence electrons. The highest BCUT2D eigenvalue weighted by Gasteiger charge is 2.08. The molecule has 1 nitrogen and oxygen atoms in total. The van der Waals surface area contributed by atoms with Gasteiger partial charge in [0, 0.05) is 12.1 Å². The maximum Gasteiger partial charge on any atom is 0.0718 e. The Morgan fingerprint density at radius 2 is 2.06 bits per heavy atom. The van der Waals surface area contributed by atoms with Crippen LogP contribution in [-0.4, -0.2) is 24.5 Å². The molecule has 0 aliphatic rings. The van der Waals surface area contributed by atoms with Crippen LogP contribution in [-0.2, 0) is 0 Å². The van der Waals surface area contributed by atoms with Gasteiger partial charge < -0.3 is 0 Å². The second-order valence-corrected chi connectivity index (χ2v) is 4.17. The van der Waals surface area contributed by atoms with E-state index in [0.29, 0.717) is 6.04 Å². The highest BCUT2D eigenvalue weighted by atomic mass is 15.1. The molecule has 0 N–H and O–H groups in total. The van der Waals surface area contributed by atoms with Gasteiger partial charge in [0.15, 0.2) is 0 Å². The van der Waals surface area contributed by atoms with E-state index in [1.165, 1.54) is 0 Å². The minimum atomic E-state index is 0.318. The molecule has 0 fully saturated rings. The van der Waals surface area contributed by atoms with E-state index in [1.807, 2.05) is 36.4 Å². The van der Waals surface area contributed by atoms with Gasteiger partial charge in [-0.1, -0.05) is 49.5 Å². The Morgan fingerprint density at radius 1 is 1.35 bits per heavy atom. The first-order valence-electron chi connectivity index (χ1n) is 6.15. The minimum absolute atomic E-state index is 0.318. The molecular formula is C16H21N. The van der Waals surface area contributed by atoms with Crippen LogP contribution in [0.2, 0.25) is 0 Å². The van der Waals surface area contributed by atoms with Gasteiger partial charge in [-0.15, -0.1) is 6.58 Å². The van der Waals surface area contributed by atoms with Crippen molar-refractivity contribution in [1.29, 1.82) is 0 Å². The van der Waals surface area contributed by atoms with Crippen molar-refractivity contribution in [2.75, 3.05) is 13.6 Å². The fourth-order valence-electron chi connectivity index (χ4n) is 1.70. The zero-order valence-corrected chi connectivity index (χ0v) is 10.8. The Hall–Kier alpha value is -1.52. The smallest absolute Gasteiger partial charge is 0.0718 e. The van der Waals surface area contributed by atoms with Gasteiger partial charge in [0.05, 0.1) is 6.04 Å². The first-order valence-corrected chi connectivity index (χ1v) is 6.15. The van der Waals surface area contributed by atoms with Crippen LogP contribution in [0.25, 0.3) is 0 Å². The van der Waals surface area contributed by atoms with Crippen LogP contribution >= 0.6 is 0 Å². The third-order valence-corrected chi connectivity index (χ3v) is 2.67. The van der Waals surface area contributed by atoms with Crippen LogP contribution in [0.3, 0.4) is 0 Å². The third-order valence-electron chi connectivity index (χ3n) is 2.67. The van der Waals surface area contributed by atoms with Crippen molar-refractivity contribution in [3.05, 3.63) is 48.6 Å². The Morgan fingerprint density at radius 3 is 2.65 bits per heavy atom. The van der Waals surface area contributed by atoms with Crippen LogP contribution in [0.4, 0.5) is 0 Å². The average molecular weight is 227 g/mol. The summed E-state index contributed by atoms with van der Waals surface area (Å²) in [7, 11) is 2.10. The van der Waals surface area contributed by atoms with Gasteiger partial charge in [-0.3, -0.25) is 4.90 Å². The standard InChI is InChI=1S/C16H21N/c1-4-9-16(17(3)14-5-2)13-12-15-10-7-6-8-11-15/h5-8,10-11,16H,2,4,9,14H2,1,3H3. The molecule has 1 rings (SSSR count). The lowest BCUT2D eigenvalue weighted by Gasteiger charge is -2.21. The first-order chi connectivity index (χ1) is 8.27. The van der Waals surface area contributed by atoms with Gasteiger partial charge in [-0.2, -0.15) is 0 Å². The predicted molar refractivity (Wildman–Crippen MR) is 74.8 cm³/mol. The molecule has 0 bridgehead atoms. The highest BCUT2D eigenvalue weighted by molar-refractivity contribution is 5.34. The summed E-state index contributed by atoms with van der Waals surface area (Å²) in [6, 6.07) is 10.5. The molecule has 1 atom stereocenters. The van der Waals surface area contributed by atoms with Crippen molar-refractivity contribution in [1.82, 2.24) is 4.90 Å². The summed E-state index contributed by atoms with van der Waals surface area (Å²) in [6.45, 7) is 6.85. The molecule has 0 heterocycles. The molecule has 0 amide bonds. The Bertz CT molecular complexity index is 383. The molecule has 0 radical (unpaired) electrons. The van der Waals surface area contributed by atoms with Crippen LogP contribution in [0.15, 0.2) is 43.0 Å². The topological polar surface area (TPSA) is 3.24 Å². The number of benzene rings is 1. The maximum absolute atomic E-state index is 3.77. The average Bonchev–Trinajstić information content (AvgIpc) is 2.36. The lowest BCUT2D eigenvalue weighted by atomic mass is 10.1. The second-order valence-electron chi connectivity index (χ2n) is 4.17. The minimum Gasteiger partial charge on any atom is -0.289 e. The second kappa shape index (κ2) is 7.70. The number of hydrogen-bond donors (Lipinski definition) is 0. The number of nitrogens with zero attached hydrogens (tertiary/aromatic N) is 1. The molecule has 0 aliphatic carbocycles. The van der Waals surface area contributed by atoms with Crippen molar-refractivity contribution in [2.45, 2.75) is 25.8 Å². The summed E-state index contributed by atoms with van der Waals surface area (Å²) in [4.78, 5) is 2.24. The van der Waals surface area contributed by atoms with Crippen LogP contribution < -0.4 is 0 Å². The fourth-order valence-corrected chi connectivity index (χ4v) is 1.70. The number of hydrogen-bond acceptors (Lipinski definition) is 1. The van der Waals surface area contributed by atoms with Crippen molar-refractivity contribution in [3.63, 3.8) is 0 Å². The summed E-state index contributed by atoms with van der Waals surface area (Å²) in [5.74, 6) is 6.59. The Balaban J connectivity index is 2.72. The molecule has 1 aromatic rings. The maximum atomic E-state index is 3.77. The quantitative estimate of drug-likeness (QED) is 0.551. The van der Waals surface area contributed by atoms with Crippen molar-refractivity contribution >= 4 is 0 Å². The summed E-state index contributed by atoms with van der Waals surface area (Å²) in [5.41, 5.74) is 1.08. The number of likely N-dealkylation sites (N-methyl/N-ethyl adjacent to an activating group) is 1. The van der Waals surface area contributed by atoms with Crippen LogP contribution in [0.5, 0.6) is 0 Å². The van der Waals surface area contributed by atoms with E-state index in [4.69, 9.17) is 0 Å².